The molecule has 11 heteroatoms. The van der Waals surface area contributed by atoms with E-state index >= 15 is 0 Å². The highest BCUT2D eigenvalue weighted by molar-refractivity contribution is 7.89. The van der Waals surface area contributed by atoms with E-state index in [0.29, 0.717) is 24.6 Å². The lowest BCUT2D eigenvalue weighted by molar-refractivity contribution is 0.0730. The van der Waals surface area contributed by atoms with Crippen molar-refractivity contribution >= 4 is 16.0 Å². The van der Waals surface area contributed by atoms with Crippen molar-refractivity contribution in [2.24, 2.45) is 0 Å². The number of sulfonamides is 1. The number of aromatic amines is 1. The van der Waals surface area contributed by atoms with E-state index in [1.165, 1.54) is 40.7 Å². The number of halogens is 2. The molecule has 0 unspecified atom stereocenters. The van der Waals surface area contributed by atoms with Crippen LogP contribution in [0, 0.1) is 11.6 Å². The molecule has 1 saturated heterocycles. The fraction of sp³-hybridized carbons (Fsp3) is 0.263. The first-order valence-electron chi connectivity index (χ1n) is 9.17. The Kier molecular flexibility index (Phi) is 5.50. The van der Waals surface area contributed by atoms with Crippen molar-refractivity contribution in [3.8, 4) is 11.1 Å². The molecular formula is C19H19F2N5O3S. The molecule has 0 bridgehead atoms. The van der Waals surface area contributed by atoms with Gasteiger partial charge in [0, 0.05) is 19.5 Å². The number of nitrogens with one attached hydrogen (secondary N) is 1. The first kappa shape index (κ1) is 20.4. The molecule has 4 rings (SSSR count). The minimum atomic E-state index is -3.68. The third-order valence-electron chi connectivity index (χ3n) is 4.77. The van der Waals surface area contributed by atoms with Crippen molar-refractivity contribution in [3.05, 3.63) is 59.4 Å². The highest BCUT2D eigenvalue weighted by atomic mass is 32.2. The lowest BCUT2D eigenvalue weighted by atomic mass is 10.0. The Morgan fingerprint density at radius 2 is 1.73 bits per heavy atom. The Balaban J connectivity index is 1.59. The molecule has 0 radical (unpaired) electrons. The van der Waals surface area contributed by atoms with Crippen LogP contribution >= 0.6 is 0 Å². The average Bonchev–Trinajstić information content (AvgIpc) is 3.13. The Morgan fingerprint density at radius 3 is 2.30 bits per heavy atom. The molecule has 1 aliphatic rings. The zero-order valence-corrected chi connectivity index (χ0v) is 16.6. The van der Waals surface area contributed by atoms with Crippen LogP contribution in [0.3, 0.4) is 0 Å². The highest BCUT2D eigenvalue weighted by Gasteiger charge is 2.26. The number of rotatable bonds is 5. The predicted molar refractivity (Wildman–Crippen MR) is 105 cm³/mol. The molecule has 30 heavy (non-hydrogen) atoms. The molecule has 1 aromatic heterocycles. The lowest BCUT2D eigenvalue weighted by Crippen LogP contribution is -2.40. The molecule has 0 spiro atoms. The summed E-state index contributed by atoms with van der Waals surface area (Å²) in [6.07, 6.45) is 0.134. The summed E-state index contributed by atoms with van der Waals surface area (Å²) in [5.41, 5.74) is 5.79. The molecule has 3 aromatic rings. The number of ether oxygens (including phenoxy) is 1. The van der Waals surface area contributed by atoms with Crippen molar-refractivity contribution in [2.45, 2.75) is 11.3 Å². The number of hydrogen-bond acceptors (Lipinski definition) is 6. The van der Waals surface area contributed by atoms with E-state index in [9.17, 15) is 17.2 Å². The number of benzene rings is 2. The zero-order chi connectivity index (χ0) is 21.3. The van der Waals surface area contributed by atoms with Gasteiger partial charge < -0.3 is 10.5 Å². The normalized spacial score (nSPS) is 15.4. The molecule has 0 aliphatic carbocycles. The van der Waals surface area contributed by atoms with Gasteiger partial charge in [0.15, 0.2) is 0 Å². The van der Waals surface area contributed by atoms with E-state index in [1.54, 1.807) is 0 Å². The Labute approximate surface area is 171 Å². The van der Waals surface area contributed by atoms with Crippen LogP contribution in [0.25, 0.3) is 11.1 Å². The second kappa shape index (κ2) is 8.09. The maximum atomic E-state index is 14.7. The number of nitrogen functional groups attached to an aromatic ring is 1. The average molecular weight is 435 g/mol. The summed E-state index contributed by atoms with van der Waals surface area (Å²) in [6, 6.07) is 7.90. The van der Waals surface area contributed by atoms with E-state index in [1.807, 2.05) is 0 Å². The largest absolute Gasteiger partial charge is 0.379 e. The quantitative estimate of drug-likeness (QED) is 0.633. The number of morpholine rings is 1. The Hall–Kier alpha value is -2.89. The van der Waals surface area contributed by atoms with Gasteiger partial charge in [-0.1, -0.05) is 12.1 Å². The fourth-order valence-corrected chi connectivity index (χ4v) is 4.72. The minimum Gasteiger partial charge on any atom is -0.379 e. The van der Waals surface area contributed by atoms with E-state index in [0.717, 1.165) is 0 Å². The van der Waals surface area contributed by atoms with Crippen LogP contribution in [0.5, 0.6) is 0 Å². The Morgan fingerprint density at radius 1 is 1.10 bits per heavy atom. The first-order chi connectivity index (χ1) is 14.3. The van der Waals surface area contributed by atoms with Crippen LogP contribution < -0.4 is 5.73 Å². The maximum Gasteiger partial charge on any atom is 0.243 e. The minimum absolute atomic E-state index is 0.0506. The van der Waals surface area contributed by atoms with Crippen LogP contribution in [0.15, 0.2) is 41.3 Å². The van der Waals surface area contributed by atoms with Gasteiger partial charge >= 0.3 is 0 Å². The van der Waals surface area contributed by atoms with Crippen molar-refractivity contribution in [1.29, 1.82) is 0 Å². The van der Waals surface area contributed by atoms with E-state index in [-0.39, 0.29) is 41.5 Å². The van der Waals surface area contributed by atoms with Crippen molar-refractivity contribution in [3.63, 3.8) is 0 Å². The predicted octanol–water partition coefficient (Wildman–Crippen LogP) is 1.94. The van der Waals surface area contributed by atoms with E-state index in [4.69, 9.17) is 10.5 Å². The van der Waals surface area contributed by atoms with Gasteiger partial charge in [-0.2, -0.15) is 9.29 Å². The molecule has 1 aliphatic heterocycles. The molecule has 0 saturated carbocycles. The number of nitrogens with two attached hydrogens (primary N) is 1. The van der Waals surface area contributed by atoms with E-state index in [2.05, 4.69) is 15.2 Å². The molecule has 2 aromatic carbocycles. The third-order valence-corrected chi connectivity index (χ3v) is 6.69. The number of H-pyrrole nitrogens is 1. The molecule has 1 fully saturated rings. The smallest absolute Gasteiger partial charge is 0.243 e. The summed E-state index contributed by atoms with van der Waals surface area (Å²) >= 11 is 0. The van der Waals surface area contributed by atoms with Gasteiger partial charge in [-0.3, -0.25) is 5.10 Å². The number of anilines is 1. The monoisotopic (exact) mass is 435 g/mol. The number of hydrogen-bond donors (Lipinski definition) is 2. The SMILES string of the molecule is Nc1n[nH]c(Cc2cc(F)c(-c3ccc(S(=O)(=O)N4CCOCC4)cc3)c(F)c2)n1. The summed E-state index contributed by atoms with van der Waals surface area (Å²) in [4.78, 5) is 3.98. The first-order valence-corrected chi connectivity index (χ1v) is 10.6. The number of aromatic nitrogens is 3. The second-order valence-corrected chi connectivity index (χ2v) is 8.73. The lowest BCUT2D eigenvalue weighted by Gasteiger charge is -2.26. The summed E-state index contributed by atoms with van der Waals surface area (Å²) in [5.74, 6) is -1.09. The summed E-state index contributed by atoms with van der Waals surface area (Å²) in [7, 11) is -3.68. The van der Waals surface area contributed by atoms with Crippen LogP contribution in [-0.4, -0.2) is 54.2 Å². The highest BCUT2D eigenvalue weighted by Crippen LogP contribution is 2.29. The molecule has 158 valence electrons. The second-order valence-electron chi connectivity index (χ2n) is 6.79. The van der Waals surface area contributed by atoms with Crippen molar-refractivity contribution in [2.75, 3.05) is 32.0 Å². The summed E-state index contributed by atoms with van der Waals surface area (Å²) in [6.45, 7) is 1.21. The fourth-order valence-electron chi connectivity index (χ4n) is 3.32. The van der Waals surface area contributed by atoms with Crippen LogP contribution in [0.4, 0.5) is 14.7 Å². The standard InChI is InChI=1S/C19H19F2N5O3S/c20-15-9-12(11-17-23-19(22)25-24-17)10-16(21)18(15)13-1-3-14(4-2-13)30(27,28)26-5-7-29-8-6-26/h1-4,9-10H,5-8,11H2,(H3,22,23,24,25). The topological polar surface area (TPSA) is 114 Å². The summed E-state index contributed by atoms with van der Waals surface area (Å²) in [5, 5.41) is 6.27. The number of nitrogens with zero attached hydrogens (tertiary/aromatic N) is 3. The van der Waals surface area contributed by atoms with Crippen LogP contribution in [0.1, 0.15) is 11.4 Å². The molecule has 0 atom stereocenters. The van der Waals surface area contributed by atoms with E-state index < -0.39 is 21.7 Å². The van der Waals surface area contributed by atoms with Crippen LogP contribution in [-0.2, 0) is 21.2 Å². The third kappa shape index (κ3) is 4.04. The van der Waals surface area contributed by atoms with Gasteiger partial charge in [0.25, 0.3) is 0 Å². The van der Waals surface area contributed by atoms with Gasteiger partial charge in [-0.15, -0.1) is 5.10 Å². The molecule has 0 amide bonds. The zero-order valence-electron chi connectivity index (χ0n) is 15.8. The molecular weight excluding hydrogens is 416 g/mol. The van der Waals surface area contributed by atoms with Crippen molar-refractivity contribution < 1.29 is 21.9 Å². The molecule has 8 nitrogen and oxygen atoms in total. The van der Waals surface area contributed by atoms with Gasteiger partial charge in [0.05, 0.1) is 23.7 Å². The van der Waals surface area contributed by atoms with Gasteiger partial charge in [0.1, 0.15) is 17.5 Å². The van der Waals surface area contributed by atoms with Gasteiger partial charge in [-0.25, -0.2) is 17.2 Å². The Bertz CT molecular complexity index is 1140. The van der Waals surface area contributed by atoms with Gasteiger partial charge in [0.2, 0.25) is 16.0 Å². The van der Waals surface area contributed by atoms with Gasteiger partial charge in [-0.05, 0) is 35.4 Å². The molecule has 2 heterocycles. The molecule has 3 N–H and O–H groups in total. The maximum absolute atomic E-state index is 14.7. The van der Waals surface area contributed by atoms with Crippen molar-refractivity contribution in [1.82, 2.24) is 19.5 Å². The van der Waals surface area contributed by atoms with Crippen LogP contribution in [0.2, 0.25) is 0 Å². The summed E-state index contributed by atoms with van der Waals surface area (Å²) < 4.78 is 61.2.